The maximum Gasteiger partial charge on any atom is 0.312 e. The number of likely N-dealkylation sites (N-methyl/N-ethyl adjacent to an activating group) is 1. The maximum atomic E-state index is 12.6. The molecule has 0 aliphatic rings. The number of carbonyl (C=O) groups excluding carboxylic acids is 1. The molecule has 1 unspecified atom stereocenters. The summed E-state index contributed by atoms with van der Waals surface area (Å²) in [6.45, 7) is 3.87. The molecule has 0 saturated heterocycles. The lowest BCUT2D eigenvalue weighted by Gasteiger charge is -2.23. The van der Waals surface area contributed by atoms with Gasteiger partial charge in [-0.15, -0.1) is 0 Å². The van der Waals surface area contributed by atoms with E-state index in [9.17, 15) is 9.90 Å². The Morgan fingerprint density at radius 2 is 1.42 bits per heavy atom. The molecule has 0 aromatic heterocycles. The zero-order chi connectivity index (χ0) is 16.9. The van der Waals surface area contributed by atoms with E-state index in [0.29, 0.717) is 13.0 Å². The normalized spacial score (nSPS) is 12.5. The van der Waals surface area contributed by atoms with E-state index in [4.69, 9.17) is 0 Å². The van der Waals surface area contributed by atoms with Crippen molar-refractivity contribution in [1.82, 2.24) is 0 Å². The van der Waals surface area contributed by atoms with Crippen LogP contribution in [0, 0.1) is 0 Å². The van der Waals surface area contributed by atoms with Crippen LogP contribution in [0.25, 0.3) is 0 Å². The number of hydrogen-bond donors (Lipinski definition) is 2. The number of aliphatic hydroxyl groups is 1. The summed E-state index contributed by atoms with van der Waals surface area (Å²) in [6, 6.07) is 20.2. The lowest BCUT2D eigenvalue weighted by molar-refractivity contribution is -0.806. The monoisotopic (exact) mass is 347 g/mol. The van der Waals surface area contributed by atoms with Gasteiger partial charge in [-0.1, -0.05) is 60.7 Å². The average molecular weight is 348 g/mol. The smallest absolute Gasteiger partial charge is 0.312 e. The summed E-state index contributed by atoms with van der Waals surface area (Å²) in [7, 11) is 1.83. The fourth-order valence-corrected chi connectivity index (χ4v) is 2.91. The van der Waals surface area contributed by atoms with Crippen molar-refractivity contribution >= 4 is 5.91 Å². The number of benzene rings is 2. The third-order valence-corrected chi connectivity index (χ3v) is 3.97. The number of amides is 1. The molecular formula is C20H26ClNO2. The van der Waals surface area contributed by atoms with Crippen LogP contribution in [0.3, 0.4) is 0 Å². The molecule has 0 spiro atoms. The van der Waals surface area contributed by atoms with Gasteiger partial charge in [-0.3, -0.25) is 4.90 Å². The van der Waals surface area contributed by atoms with Crippen molar-refractivity contribution < 1.29 is 27.2 Å². The van der Waals surface area contributed by atoms with E-state index in [0.717, 1.165) is 16.0 Å². The van der Waals surface area contributed by atoms with E-state index >= 15 is 0 Å². The molecule has 0 saturated carbocycles. The van der Waals surface area contributed by atoms with Crippen LogP contribution >= 0.6 is 0 Å². The Morgan fingerprint density at radius 3 is 1.79 bits per heavy atom. The van der Waals surface area contributed by atoms with Crippen LogP contribution in [0.15, 0.2) is 60.7 Å². The van der Waals surface area contributed by atoms with Gasteiger partial charge in [-0.25, -0.2) is 4.79 Å². The topological polar surface area (TPSA) is 41.7 Å². The highest BCUT2D eigenvalue weighted by Gasteiger charge is 2.27. The van der Waals surface area contributed by atoms with Crippen molar-refractivity contribution in [3.8, 4) is 0 Å². The van der Waals surface area contributed by atoms with Gasteiger partial charge in [0.2, 0.25) is 0 Å². The summed E-state index contributed by atoms with van der Waals surface area (Å²) in [5.74, 6) is 0.159. The molecule has 0 heterocycles. The number of carbonyl (C=O) groups is 1. The lowest BCUT2D eigenvalue weighted by Crippen LogP contribution is -3.13. The summed E-state index contributed by atoms with van der Waals surface area (Å²) >= 11 is 0. The highest BCUT2D eigenvalue weighted by atomic mass is 35.5. The molecule has 3 nitrogen and oxygen atoms in total. The summed E-state index contributed by atoms with van der Waals surface area (Å²) < 4.78 is 0. The number of nitrogens with one attached hydrogen (secondary N) is 1. The molecule has 0 radical (unpaired) electrons. The second-order valence-electron chi connectivity index (χ2n) is 6.77. The standard InChI is InChI=1S/C20H25NO2.ClH/c1-20(2,23)15-21(3)19(22)14-18(16-10-6-4-7-11-16)17-12-8-5-9-13-17;/h4-13,18,23H,14-15H2,1-3H3;1H. The first-order chi connectivity index (χ1) is 10.9. The second kappa shape index (κ2) is 8.97. The molecule has 0 aliphatic carbocycles. The molecule has 0 aliphatic heterocycles. The van der Waals surface area contributed by atoms with E-state index < -0.39 is 5.60 Å². The van der Waals surface area contributed by atoms with Crippen molar-refractivity contribution in [2.24, 2.45) is 0 Å². The van der Waals surface area contributed by atoms with Crippen molar-refractivity contribution in [3.05, 3.63) is 71.8 Å². The van der Waals surface area contributed by atoms with Gasteiger partial charge in [0.25, 0.3) is 0 Å². The maximum absolute atomic E-state index is 12.6. The number of hydrogen-bond acceptors (Lipinski definition) is 2. The number of quaternary nitrogens is 1. The predicted octanol–water partition coefficient (Wildman–Crippen LogP) is -0.975. The van der Waals surface area contributed by atoms with E-state index in [1.165, 1.54) is 0 Å². The van der Waals surface area contributed by atoms with Gasteiger partial charge in [0.05, 0.1) is 13.5 Å². The molecule has 1 amide bonds. The highest BCUT2D eigenvalue weighted by Crippen LogP contribution is 2.27. The number of rotatable bonds is 6. The zero-order valence-corrected chi connectivity index (χ0v) is 15.3. The Kier molecular flexibility index (Phi) is 7.61. The van der Waals surface area contributed by atoms with Gasteiger partial charge in [0.15, 0.2) is 0 Å². The Labute approximate surface area is 150 Å². The van der Waals surface area contributed by atoms with Crippen LogP contribution in [0.2, 0.25) is 0 Å². The summed E-state index contributed by atoms with van der Waals surface area (Å²) in [5, 5.41) is 9.93. The van der Waals surface area contributed by atoms with Gasteiger partial charge < -0.3 is 17.5 Å². The van der Waals surface area contributed by atoms with Gasteiger partial charge in [-0.2, -0.15) is 0 Å². The molecule has 130 valence electrons. The predicted molar refractivity (Wildman–Crippen MR) is 92.4 cm³/mol. The van der Waals surface area contributed by atoms with Crippen molar-refractivity contribution in [1.29, 1.82) is 0 Å². The van der Waals surface area contributed by atoms with Crippen molar-refractivity contribution in [3.63, 3.8) is 0 Å². The molecule has 0 fully saturated rings. The summed E-state index contributed by atoms with van der Waals surface area (Å²) in [5.41, 5.74) is 1.43. The molecule has 0 bridgehead atoms. The Hall–Kier alpha value is -1.68. The molecule has 24 heavy (non-hydrogen) atoms. The molecule has 4 heteroatoms. The van der Waals surface area contributed by atoms with E-state index in [1.807, 2.05) is 43.4 Å². The first-order valence-corrected chi connectivity index (χ1v) is 8.05. The van der Waals surface area contributed by atoms with Crippen LogP contribution in [0.4, 0.5) is 0 Å². The Bertz CT molecular complexity index is 584. The zero-order valence-electron chi connectivity index (χ0n) is 14.5. The van der Waals surface area contributed by atoms with Gasteiger partial charge >= 0.3 is 5.91 Å². The first-order valence-electron chi connectivity index (χ1n) is 8.05. The molecule has 2 rings (SSSR count). The highest BCUT2D eigenvalue weighted by molar-refractivity contribution is 5.68. The third-order valence-electron chi connectivity index (χ3n) is 3.97. The summed E-state index contributed by atoms with van der Waals surface area (Å²) in [6.07, 6.45) is 0.427. The SMILES string of the molecule is C[NH+](CC(C)(C)O)C(=O)CC(c1ccccc1)c1ccccc1.[Cl-]. The minimum Gasteiger partial charge on any atom is -1.00 e. The van der Waals surface area contributed by atoms with Crippen molar-refractivity contribution in [2.75, 3.05) is 13.6 Å². The minimum atomic E-state index is -0.852. The van der Waals surface area contributed by atoms with Crippen LogP contribution in [-0.2, 0) is 4.79 Å². The molecule has 2 aromatic carbocycles. The van der Waals surface area contributed by atoms with Gasteiger partial charge in [0.1, 0.15) is 12.1 Å². The summed E-state index contributed by atoms with van der Waals surface area (Å²) in [4.78, 5) is 13.4. The van der Waals surface area contributed by atoms with Crippen LogP contribution in [0.1, 0.15) is 37.3 Å². The quantitative estimate of drug-likeness (QED) is 0.705. The fraction of sp³-hybridized carbons (Fsp3) is 0.350. The van der Waals surface area contributed by atoms with Crippen molar-refractivity contribution in [2.45, 2.75) is 31.8 Å². The first kappa shape index (κ1) is 20.4. The van der Waals surface area contributed by atoms with Gasteiger partial charge in [-0.05, 0) is 25.0 Å². The molecule has 2 aromatic rings. The third kappa shape index (κ3) is 6.08. The fourth-order valence-electron chi connectivity index (χ4n) is 2.91. The van der Waals surface area contributed by atoms with Crippen LogP contribution < -0.4 is 17.3 Å². The van der Waals surface area contributed by atoms with E-state index in [2.05, 4.69) is 24.3 Å². The number of halogens is 1. The van der Waals surface area contributed by atoms with Crippen LogP contribution in [-0.4, -0.2) is 30.2 Å². The van der Waals surface area contributed by atoms with Crippen LogP contribution in [0.5, 0.6) is 0 Å². The van der Waals surface area contributed by atoms with E-state index in [1.54, 1.807) is 13.8 Å². The average Bonchev–Trinajstić information content (AvgIpc) is 2.52. The largest absolute Gasteiger partial charge is 1.00 e. The molecule has 2 N–H and O–H groups in total. The molecular weight excluding hydrogens is 322 g/mol. The Morgan fingerprint density at radius 1 is 1.00 bits per heavy atom. The lowest BCUT2D eigenvalue weighted by atomic mass is 9.88. The molecule has 1 atom stereocenters. The van der Waals surface area contributed by atoms with Gasteiger partial charge in [0, 0.05) is 5.92 Å². The second-order valence-corrected chi connectivity index (χ2v) is 6.77. The van der Waals surface area contributed by atoms with E-state index in [-0.39, 0.29) is 24.2 Å². The Balaban J connectivity index is 0.00000288. The minimum absolute atomic E-state index is 0.